The van der Waals surface area contributed by atoms with Crippen molar-refractivity contribution in [3.8, 4) is 11.1 Å². The van der Waals surface area contributed by atoms with E-state index in [1.165, 1.54) is 6.08 Å². The highest BCUT2D eigenvalue weighted by molar-refractivity contribution is 5.99. The predicted octanol–water partition coefficient (Wildman–Crippen LogP) is 5.34. The fourth-order valence-corrected chi connectivity index (χ4v) is 3.17. The van der Waals surface area contributed by atoms with E-state index in [0.717, 1.165) is 27.6 Å². The second kappa shape index (κ2) is 8.97. The number of hydrogen-bond acceptors (Lipinski definition) is 4. The predicted molar refractivity (Wildman–Crippen MR) is 118 cm³/mol. The van der Waals surface area contributed by atoms with Crippen molar-refractivity contribution >= 4 is 28.7 Å². The van der Waals surface area contributed by atoms with E-state index < -0.39 is 5.97 Å². The van der Waals surface area contributed by atoms with Gasteiger partial charge in [-0.3, -0.25) is 9.78 Å². The van der Waals surface area contributed by atoms with Crippen molar-refractivity contribution in [1.29, 1.82) is 0 Å². The molecule has 0 saturated carbocycles. The summed E-state index contributed by atoms with van der Waals surface area (Å²) in [5.41, 5.74) is 4.22. The third-order valence-corrected chi connectivity index (χ3v) is 4.72. The van der Waals surface area contributed by atoms with Crippen LogP contribution in [0.15, 0.2) is 97.2 Å². The van der Waals surface area contributed by atoms with Gasteiger partial charge in [0.25, 0.3) is 0 Å². The lowest BCUT2D eigenvalue weighted by atomic mass is 10.0. The molecule has 0 radical (unpaired) electrons. The van der Waals surface area contributed by atoms with Gasteiger partial charge in [0, 0.05) is 28.8 Å². The summed E-state index contributed by atoms with van der Waals surface area (Å²) in [6, 6.07) is 26.7. The largest absolute Gasteiger partial charge is 0.454 e. The average Bonchev–Trinajstić information content (AvgIpc) is 2.82. The van der Waals surface area contributed by atoms with Gasteiger partial charge in [0.15, 0.2) is 12.4 Å². The van der Waals surface area contributed by atoms with Gasteiger partial charge >= 0.3 is 5.97 Å². The Balaban J connectivity index is 1.36. The second-order valence-electron chi connectivity index (χ2n) is 6.73. The monoisotopic (exact) mass is 393 g/mol. The Bertz CT molecular complexity index is 1210. The Morgan fingerprint density at radius 1 is 0.800 bits per heavy atom. The summed E-state index contributed by atoms with van der Waals surface area (Å²) in [5.74, 6) is -0.819. The molecule has 0 spiro atoms. The van der Waals surface area contributed by atoms with Crippen LogP contribution in [0.25, 0.3) is 28.1 Å². The first-order valence-electron chi connectivity index (χ1n) is 9.58. The summed E-state index contributed by atoms with van der Waals surface area (Å²) in [5, 5.41) is 0.988. The van der Waals surface area contributed by atoms with E-state index in [-0.39, 0.29) is 12.4 Å². The average molecular weight is 393 g/mol. The number of hydrogen-bond donors (Lipinski definition) is 0. The van der Waals surface area contributed by atoms with Gasteiger partial charge in [-0.2, -0.15) is 0 Å². The lowest BCUT2D eigenvalue weighted by Crippen LogP contribution is -2.12. The van der Waals surface area contributed by atoms with E-state index in [0.29, 0.717) is 5.56 Å². The van der Waals surface area contributed by atoms with Crippen LogP contribution in [0.4, 0.5) is 0 Å². The number of nitrogens with zero attached hydrogens (tertiary/aromatic N) is 1. The van der Waals surface area contributed by atoms with Crippen LogP contribution >= 0.6 is 0 Å². The maximum atomic E-state index is 12.3. The van der Waals surface area contributed by atoms with Crippen molar-refractivity contribution < 1.29 is 14.3 Å². The van der Waals surface area contributed by atoms with E-state index in [1.54, 1.807) is 24.4 Å². The minimum atomic E-state index is -0.572. The Labute approximate surface area is 174 Å². The minimum Gasteiger partial charge on any atom is -0.454 e. The zero-order valence-corrected chi connectivity index (χ0v) is 16.2. The molecule has 146 valence electrons. The summed E-state index contributed by atoms with van der Waals surface area (Å²) < 4.78 is 5.11. The fourth-order valence-electron chi connectivity index (χ4n) is 3.17. The maximum absolute atomic E-state index is 12.3. The first-order chi connectivity index (χ1) is 14.7. The molecule has 0 unspecified atom stereocenters. The molecule has 0 aliphatic rings. The zero-order valence-electron chi connectivity index (χ0n) is 16.2. The van der Waals surface area contributed by atoms with E-state index in [4.69, 9.17) is 4.74 Å². The van der Waals surface area contributed by atoms with Crippen molar-refractivity contribution in [3.05, 3.63) is 108 Å². The number of carbonyl (C=O) groups excluding carboxylic acids is 2. The molecule has 3 aromatic carbocycles. The smallest absolute Gasteiger partial charge is 0.331 e. The lowest BCUT2D eigenvalue weighted by Gasteiger charge is -2.05. The van der Waals surface area contributed by atoms with Crippen molar-refractivity contribution in [1.82, 2.24) is 4.98 Å². The molecule has 30 heavy (non-hydrogen) atoms. The Morgan fingerprint density at radius 3 is 2.33 bits per heavy atom. The Morgan fingerprint density at radius 2 is 1.53 bits per heavy atom. The zero-order chi connectivity index (χ0) is 20.8. The number of ketones is 1. The van der Waals surface area contributed by atoms with Gasteiger partial charge in [0.05, 0.1) is 5.52 Å². The van der Waals surface area contributed by atoms with Gasteiger partial charge in [-0.15, -0.1) is 0 Å². The second-order valence-corrected chi connectivity index (χ2v) is 6.73. The number of fused-ring (bicyclic) bond motifs is 1. The molecule has 0 aliphatic heterocycles. The van der Waals surface area contributed by atoms with Crippen LogP contribution in [0.2, 0.25) is 0 Å². The minimum absolute atomic E-state index is 0.247. The van der Waals surface area contributed by atoms with Crippen LogP contribution in [0, 0.1) is 0 Å². The number of para-hydroxylation sites is 1. The molecule has 4 rings (SSSR count). The molecule has 0 aliphatic carbocycles. The molecule has 0 bridgehead atoms. The summed E-state index contributed by atoms with van der Waals surface area (Å²) in [7, 11) is 0. The normalized spacial score (nSPS) is 10.9. The first-order valence-corrected chi connectivity index (χ1v) is 9.58. The molecule has 1 aromatic heterocycles. The topological polar surface area (TPSA) is 56.3 Å². The van der Waals surface area contributed by atoms with Crippen molar-refractivity contribution in [2.75, 3.05) is 6.61 Å². The van der Waals surface area contributed by atoms with E-state index >= 15 is 0 Å². The number of esters is 1. The van der Waals surface area contributed by atoms with E-state index in [2.05, 4.69) is 4.98 Å². The molecule has 4 aromatic rings. The quantitative estimate of drug-likeness (QED) is 0.252. The lowest BCUT2D eigenvalue weighted by molar-refractivity contribution is -0.136. The molecule has 0 N–H and O–H groups in total. The van der Waals surface area contributed by atoms with Crippen molar-refractivity contribution in [3.63, 3.8) is 0 Å². The highest BCUT2D eigenvalue weighted by Gasteiger charge is 2.09. The van der Waals surface area contributed by atoms with Crippen LogP contribution in [-0.4, -0.2) is 23.3 Å². The van der Waals surface area contributed by atoms with Crippen LogP contribution in [-0.2, 0) is 9.53 Å². The SMILES string of the molecule is O=C(/C=C/c1cccc2cccnc12)OCC(=O)c1ccc(-c2ccccc2)cc1. The molecular weight excluding hydrogens is 374 g/mol. The van der Waals surface area contributed by atoms with Crippen LogP contribution in [0.1, 0.15) is 15.9 Å². The van der Waals surface area contributed by atoms with Gasteiger partial charge in [-0.05, 0) is 23.3 Å². The molecule has 4 nitrogen and oxygen atoms in total. The number of benzene rings is 3. The summed E-state index contributed by atoms with van der Waals surface area (Å²) >= 11 is 0. The Kier molecular flexibility index (Phi) is 5.76. The van der Waals surface area contributed by atoms with Gasteiger partial charge in [-0.25, -0.2) is 4.79 Å². The molecule has 0 saturated heterocycles. The summed E-state index contributed by atoms with van der Waals surface area (Å²) in [6.07, 6.45) is 4.67. The molecule has 4 heteroatoms. The number of pyridine rings is 1. The number of aromatic nitrogens is 1. The van der Waals surface area contributed by atoms with E-state index in [9.17, 15) is 9.59 Å². The molecule has 0 atom stereocenters. The van der Waals surface area contributed by atoms with Crippen molar-refractivity contribution in [2.45, 2.75) is 0 Å². The number of rotatable bonds is 6. The maximum Gasteiger partial charge on any atom is 0.331 e. The number of carbonyl (C=O) groups is 2. The molecular formula is C26H19NO3. The highest BCUT2D eigenvalue weighted by atomic mass is 16.5. The summed E-state index contributed by atoms with van der Waals surface area (Å²) in [4.78, 5) is 28.7. The fraction of sp³-hybridized carbons (Fsp3) is 0.0385. The standard InChI is InChI=1S/C26H19NO3/c28-24(21-13-11-20(12-14-21)19-6-2-1-3-7-19)18-30-25(29)16-15-23-9-4-8-22-10-5-17-27-26(22)23/h1-17H,18H2/b16-15+. The first kappa shape index (κ1) is 19.3. The molecule has 1 heterocycles. The van der Waals surface area contributed by atoms with Crippen LogP contribution in [0.3, 0.4) is 0 Å². The number of ether oxygens (including phenoxy) is 1. The van der Waals surface area contributed by atoms with Gasteiger partial charge in [0.2, 0.25) is 0 Å². The molecule has 0 amide bonds. The third kappa shape index (κ3) is 4.50. The van der Waals surface area contributed by atoms with Crippen LogP contribution < -0.4 is 0 Å². The van der Waals surface area contributed by atoms with Crippen LogP contribution in [0.5, 0.6) is 0 Å². The van der Waals surface area contributed by atoms with Crippen molar-refractivity contribution in [2.24, 2.45) is 0 Å². The third-order valence-electron chi connectivity index (χ3n) is 4.72. The Hall–Kier alpha value is -4.05. The van der Waals surface area contributed by atoms with Gasteiger partial charge in [-0.1, -0.05) is 78.9 Å². The highest BCUT2D eigenvalue weighted by Crippen LogP contribution is 2.20. The van der Waals surface area contributed by atoms with E-state index in [1.807, 2.05) is 72.8 Å². The number of Topliss-reactive ketones (excluding diaryl/α,β-unsaturated/α-hetero) is 1. The molecule has 0 fully saturated rings. The van der Waals surface area contributed by atoms with Gasteiger partial charge < -0.3 is 4.74 Å². The summed E-state index contributed by atoms with van der Waals surface area (Å²) in [6.45, 7) is -0.304. The van der Waals surface area contributed by atoms with Gasteiger partial charge in [0.1, 0.15) is 0 Å².